The van der Waals surface area contributed by atoms with Crippen LogP contribution in [-0.2, 0) is 18.3 Å². The molecule has 3 atom stereocenters. The third-order valence-electron chi connectivity index (χ3n) is 5.62. The second kappa shape index (κ2) is 9.09. The normalized spacial score (nSPS) is 18.1. The molecule has 1 aliphatic rings. The van der Waals surface area contributed by atoms with Gasteiger partial charge in [0.05, 0.1) is 48.9 Å². The predicted molar refractivity (Wildman–Crippen MR) is 119 cm³/mol. The highest BCUT2D eigenvalue weighted by molar-refractivity contribution is 6.01. The minimum absolute atomic E-state index is 0.0179. The molecule has 3 aromatic heterocycles. The zero-order valence-corrected chi connectivity index (χ0v) is 18.2. The van der Waals surface area contributed by atoms with Crippen molar-refractivity contribution in [3.8, 4) is 6.07 Å². The molecule has 1 fully saturated rings. The van der Waals surface area contributed by atoms with Gasteiger partial charge in [0.2, 0.25) is 5.91 Å². The SMILES string of the molecule is CCc1cc(C#N)ncc1N(CC(O)CO)c1cc2c(ncn2C)c(NC(=O)[C@H]2C[C@H]2F)n1. The van der Waals surface area contributed by atoms with Crippen LogP contribution in [0.25, 0.3) is 11.0 Å². The number of halogens is 1. The van der Waals surface area contributed by atoms with Crippen molar-refractivity contribution in [3.63, 3.8) is 0 Å². The van der Waals surface area contributed by atoms with Crippen LogP contribution in [0.2, 0.25) is 0 Å². The number of nitriles is 1. The van der Waals surface area contributed by atoms with Gasteiger partial charge in [0.1, 0.15) is 29.3 Å². The molecule has 11 heteroatoms. The Labute approximate surface area is 189 Å². The monoisotopic (exact) mass is 453 g/mol. The van der Waals surface area contributed by atoms with Crippen molar-refractivity contribution in [2.75, 3.05) is 23.4 Å². The van der Waals surface area contributed by atoms with E-state index in [9.17, 15) is 24.7 Å². The molecular formula is C22H24FN7O3. The van der Waals surface area contributed by atoms with E-state index in [1.165, 1.54) is 6.20 Å². The number of hydrogen-bond donors (Lipinski definition) is 3. The summed E-state index contributed by atoms with van der Waals surface area (Å²) in [7, 11) is 1.79. The Balaban J connectivity index is 1.84. The number of fused-ring (bicyclic) bond motifs is 1. The topological polar surface area (TPSA) is 140 Å². The molecule has 0 aromatic carbocycles. The third-order valence-corrected chi connectivity index (χ3v) is 5.62. The first-order valence-corrected chi connectivity index (χ1v) is 10.6. The number of alkyl halides is 1. The molecule has 0 radical (unpaired) electrons. The summed E-state index contributed by atoms with van der Waals surface area (Å²) in [5.41, 5.74) is 2.75. The van der Waals surface area contributed by atoms with Gasteiger partial charge in [0.25, 0.3) is 0 Å². The van der Waals surface area contributed by atoms with Crippen molar-refractivity contribution in [2.45, 2.75) is 32.0 Å². The number of amides is 1. The van der Waals surface area contributed by atoms with Crippen LogP contribution in [-0.4, -0.2) is 61.1 Å². The molecule has 3 heterocycles. The fraction of sp³-hybridized carbons (Fsp3) is 0.409. The third kappa shape index (κ3) is 4.48. The van der Waals surface area contributed by atoms with Crippen molar-refractivity contribution in [3.05, 3.63) is 35.9 Å². The molecule has 0 saturated heterocycles. The standard InChI is InChI=1S/C22H24FN7O3/c1-3-12-4-13(7-24)25-8-18(12)30(9-14(32)10-31)19-6-17-20(26-11-29(17)2)21(27-19)28-22(33)15-5-16(15)23/h4,6,8,11,14-16,31-32H,3,5,9-10H2,1-2H3,(H,27,28,33)/t14?,15-,16+/m0/s1. The van der Waals surface area contributed by atoms with E-state index in [4.69, 9.17) is 0 Å². The number of imidazole rings is 1. The average molecular weight is 453 g/mol. The first-order chi connectivity index (χ1) is 15.9. The summed E-state index contributed by atoms with van der Waals surface area (Å²) in [5.74, 6) is -0.621. The number of aryl methyl sites for hydroxylation is 2. The molecule has 0 spiro atoms. The van der Waals surface area contributed by atoms with Crippen LogP contribution in [0.5, 0.6) is 0 Å². The highest BCUT2D eigenvalue weighted by atomic mass is 19.1. The Bertz CT molecular complexity index is 1240. The van der Waals surface area contributed by atoms with E-state index in [0.29, 0.717) is 29.0 Å². The zero-order chi connectivity index (χ0) is 23.7. The number of aromatic nitrogens is 4. The molecule has 1 amide bonds. The lowest BCUT2D eigenvalue weighted by Gasteiger charge is -2.28. The quantitative estimate of drug-likeness (QED) is 0.467. The molecule has 0 aliphatic heterocycles. The Hall–Kier alpha value is -3.62. The summed E-state index contributed by atoms with van der Waals surface area (Å²) < 4.78 is 15.2. The number of carbonyl (C=O) groups excluding carboxylic acids is 1. The number of nitrogens with zero attached hydrogens (tertiary/aromatic N) is 6. The maximum Gasteiger partial charge on any atom is 0.231 e. The van der Waals surface area contributed by atoms with Gasteiger partial charge >= 0.3 is 0 Å². The van der Waals surface area contributed by atoms with Crippen LogP contribution < -0.4 is 10.2 Å². The highest BCUT2D eigenvalue weighted by Gasteiger charge is 2.44. The van der Waals surface area contributed by atoms with Crippen LogP contribution in [0.4, 0.5) is 21.7 Å². The van der Waals surface area contributed by atoms with Gasteiger partial charge < -0.3 is 25.0 Å². The van der Waals surface area contributed by atoms with Crippen molar-refractivity contribution in [1.29, 1.82) is 5.26 Å². The molecule has 1 aliphatic carbocycles. The van der Waals surface area contributed by atoms with Gasteiger partial charge in [0.15, 0.2) is 5.82 Å². The summed E-state index contributed by atoms with van der Waals surface area (Å²) in [4.78, 5) is 27.2. The Kier molecular flexibility index (Phi) is 6.22. The molecule has 172 valence electrons. The predicted octanol–water partition coefficient (Wildman–Crippen LogP) is 1.59. The van der Waals surface area contributed by atoms with E-state index >= 15 is 0 Å². The van der Waals surface area contributed by atoms with Gasteiger partial charge in [-0.25, -0.2) is 19.3 Å². The largest absolute Gasteiger partial charge is 0.394 e. The Morgan fingerprint density at radius 2 is 2.21 bits per heavy atom. The summed E-state index contributed by atoms with van der Waals surface area (Å²) in [5, 5.41) is 31.6. The number of carbonyl (C=O) groups is 1. The second-order valence-electron chi connectivity index (χ2n) is 8.01. The minimum Gasteiger partial charge on any atom is -0.394 e. The van der Waals surface area contributed by atoms with Crippen molar-refractivity contribution >= 4 is 34.3 Å². The summed E-state index contributed by atoms with van der Waals surface area (Å²) in [6, 6.07) is 5.42. The lowest BCUT2D eigenvalue weighted by Crippen LogP contribution is -2.32. The van der Waals surface area contributed by atoms with Gasteiger partial charge in [-0.1, -0.05) is 6.92 Å². The molecule has 1 saturated carbocycles. The first kappa shape index (κ1) is 22.6. The van der Waals surface area contributed by atoms with Crippen LogP contribution >= 0.6 is 0 Å². The second-order valence-corrected chi connectivity index (χ2v) is 8.01. The molecular weight excluding hydrogens is 429 g/mol. The van der Waals surface area contributed by atoms with E-state index in [1.807, 2.05) is 13.0 Å². The van der Waals surface area contributed by atoms with E-state index in [2.05, 4.69) is 20.3 Å². The van der Waals surface area contributed by atoms with E-state index in [0.717, 1.165) is 5.56 Å². The van der Waals surface area contributed by atoms with E-state index < -0.39 is 30.7 Å². The number of hydrogen-bond acceptors (Lipinski definition) is 8. The van der Waals surface area contributed by atoms with Gasteiger partial charge in [-0.15, -0.1) is 0 Å². The highest BCUT2D eigenvalue weighted by Crippen LogP contribution is 2.36. The van der Waals surface area contributed by atoms with Crippen molar-refractivity contribution < 1.29 is 19.4 Å². The number of aliphatic hydroxyl groups is 2. The molecule has 3 aromatic rings. The lowest BCUT2D eigenvalue weighted by molar-refractivity contribution is -0.117. The number of nitrogens with one attached hydrogen (secondary N) is 1. The molecule has 3 N–H and O–H groups in total. The fourth-order valence-electron chi connectivity index (χ4n) is 3.65. The van der Waals surface area contributed by atoms with Crippen LogP contribution in [0.1, 0.15) is 24.6 Å². The van der Waals surface area contributed by atoms with Crippen LogP contribution in [0.3, 0.4) is 0 Å². The summed E-state index contributed by atoms with van der Waals surface area (Å²) in [6.07, 6.45) is 1.62. The molecule has 10 nitrogen and oxygen atoms in total. The summed E-state index contributed by atoms with van der Waals surface area (Å²) in [6.45, 7) is 1.43. The molecule has 0 bridgehead atoms. The van der Waals surface area contributed by atoms with Gasteiger partial charge in [-0.05, 0) is 24.5 Å². The first-order valence-electron chi connectivity index (χ1n) is 10.6. The average Bonchev–Trinajstić information content (AvgIpc) is 3.45. The molecule has 33 heavy (non-hydrogen) atoms. The number of aliphatic hydroxyl groups excluding tert-OH is 2. The molecule has 4 rings (SSSR count). The maximum absolute atomic E-state index is 13.4. The lowest BCUT2D eigenvalue weighted by atomic mass is 10.1. The van der Waals surface area contributed by atoms with Crippen molar-refractivity contribution in [1.82, 2.24) is 19.5 Å². The number of pyridine rings is 2. The summed E-state index contributed by atoms with van der Waals surface area (Å²) >= 11 is 0. The fourth-order valence-corrected chi connectivity index (χ4v) is 3.65. The van der Waals surface area contributed by atoms with Gasteiger partial charge in [-0.2, -0.15) is 5.26 Å². The van der Waals surface area contributed by atoms with E-state index in [1.54, 1.807) is 35.0 Å². The minimum atomic E-state index is -1.15. The molecule has 1 unspecified atom stereocenters. The van der Waals surface area contributed by atoms with Crippen molar-refractivity contribution in [2.24, 2.45) is 13.0 Å². The van der Waals surface area contributed by atoms with Gasteiger partial charge in [0, 0.05) is 13.1 Å². The van der Waals surface area contributed by atoms with Crippen LogP contribution in [0.15, 0.2) is 24.7 Å². The number of rotatable bonds is 8. The Morgan fingerprint density at radius 1 is 1.45 bits per heavy atom. The van der Waals surface area contributed by atoms with Gasteiger partial charge in [-0.3, -0.25) is 4.79 Å². The zero-order valence-electron chi connectivity index (χ0n) is 18.2. The number of anilines is 3. The smallest absolute Gasteiger partial charge is 0.231 e. The van der Waals surface area contributed by atoms with Crippen LogP contribution in [0, 0.1) is 17.2 Å². The van der Waals surface area contributed by atoms with E-state index in [-0.39, 0.29) is 24.5 Å². The Morgan fingerprint density at radius 3 is 2.85 bits per heavy atom. The maximum atomic E-state index is 13.4.